The maximum Gasteiger partial charge on any atom is 0.305 e. The number of nitrogens with zero attached hydrogens (tertiary/aromatic N) is 1. The quantitative estimate of drug-likeness (QED) is 0.255. The fourth-order valence-electron chi connectivity index (χ4n) is 3.51. The maximum atomic E-state index is 12.9. The van der Waals surface area contributed by atoms with Crippen LogP contribution in [0.25, 0.3) is 0 Å². The van der Waals surface area contributed by atoms with Gasteiger partial charge >= 0.3 is 5.97 Å². The number of ether oxygens (including phenoxy) is 1. The number of aliphatic hydroxyl groups is 1. The van der Waals surface area contributed by atoms with E-state index in [-0.39, 0.29) is 55.4 Å². The van der Waals surface area contributed by atoms with Gasteiger partial charge in [0.2, 0.25) is 11.8 Å². The summed E-state index contributed by atoms with van der Waals surface area (Å²) in [6.07, 6.45) is 7.26. The van der Waals surface area contributed by atoms with Crippen molar-refractivity contribution in [3.63, 3.8) is 0 Å². The summed E-state index contributed by atoms with van der Waals surface area (Å²) in [5, 5.41) is 12.4. The number of nitrogens with one attached hydrogen (secondary N) is 1. The number of hydrogen-bond donors (Lipinski definition) is 2. The highest BCUT2D eigenvalue weighted by atomic mass is 16.5. The fourth-order valence-corrected chi connectivity index (χ4v) is 3.51. The van der Waals surface area contributed by atoms with Gasteiger partial charge in [-0.2, -0.15) is 0 Å². The number of carbonyl (C=O) groups is 3. The Labute approximate surface area is 180 Å². The van der Waals surface area contributed by atoms with Gasteiger partial charge in [0.15, 0.2) is 0 Å². The van der Waals surface area contributed by atoms with Crippen LogP contribution < -0.4 is 5.32 Å². The average molecular weight is 423 g/mol. The van der Waals surface area contributed by atoms with Crippen molar-refractivity contribution in [1.29, 1.82) is 0 Å². The molecule has 0 saturated carbocycles. The van der Waals surface area contributed by atoms with Crippen LogP contribution >= 0.6 is 0 Å². The fraction of sp³-hybridized carbons (Fsp3) is 0.696. The Morgan fingerprint density at radius 1 is 1.27 bits per heavy atom. The van der Waals surface area contributed by atoms with Gasteiger partial charge in [-0.3, -0.25) is 14.4 Å². The third kappa shape index (κ3) is 8.69. The molecule has 170 valence electrons. The monoisotopic (exact) mass is 422 g/mol. The van der Waals surface area contributed by atoms with E-state index in [0.29, 0.717) is 25.8 Å². The van der Waals surface area contributed by atoms with Gasteiger partial charge in [0.25, 0.3) is 0 Å². The van der Waals surface area contributed by atoms with Crippen molar-refractivity contribution in [3.8, 4) is 0 Å². The molecule has 7 heteroatoms. The molecule has 2 amide bonds. The summed E-state index contributed by atoms with van der Waals surface area (Å²) in [6.45, 7) is 11.9. The van der Waals surface area contributed by atoms with Crippen LogP contribution in [0, 0.1) is 11.8 Å². The van der Waals surface area contributed by atoms with E-state index in [4.69, 9.17) is 4.74 Å². The van der Waals surface area contributed by atoms with Gasteiger partial charge in [-0.15, -0.1) is 13.2 Å². The lowest BCUT2D eigenvalue weighted by Gasteiger charge is -2.27. The summed E-state index contributed by atoms with van der Waals surface area (Å²) < 4.78 is 5.33. The second-order valence-electron chi connectivity index (χ2n) is 8.21. The van der Waals surface area contributed by atoms with Crippen LogP contribution in [0.15, 0.2) is 25.3 Å². The molecule has 1 heterocycles. The minimum atomic E-state index is -0.542. The molecule has 0 aromatic rings. The molecule has 0 bridgehead atoms. The van der Waals surface area contributed by atoms with Crippen LogP contribution in [0.5, 0.6) is 0 Å². The smallest absolute Gasteiger partial charge is 0.305 e. The first-order chi connectivity index (χ1) is 14.3. The summed E-state index contributed by atoms with van der Waals surface area (Å²) in [6, 6.07) is -0.492. The number of esters is 1. The van der Waals surface area contributed by atoms with Crippen LogP contribution in [0.2, 0.25) is 0 Å². The summed E-state index contributed by atoms with van der Waals surface area (Å²) in [7, 11) is 0. The Hall–Kier alpha value is -2.15. The molecule has 0 aromatic heterocycles. The zero-order chi connectivity index (χ0) is 22.5. The van der Waals surface area contributed by atoms with Crippen molar-refractivity contribution in [2.75, 3.05) is 19.8 Å². The molecule has 1 saturated heterocycles. The van der Waals surface area contributed by atoms with Crippen molar-refractivity contribution in [1.82, 2.24) is 10.2 Å². The number of carbonyl (C=O) groups excluding carboxylic acids is 3. The first-order valence-electron chi connectivity index (χ1n) is 10.9. The summed E-state index contributed by atoms with van der Waals surface area (Å²) >= 11 is 0. The SMILES string of the molecule is C=CCCCC(=O)OCC(NC(=O)C(CC=C)CC(=O)N1CCCC1CO)C(C)C. The molecule has 0 aromatic carbocycles. The van der Waals surface area contributed by atoms with Crippen LogP contribution in [0.1, 0.15) is 58.8 Å². The van der Waals surface area contributed by atoms with Gasteiger partial charge in [0, 0.05) is 19.4 Å². The van der Waals surface area contributed by atoms with E-state index in [0.717, 1.165) is 19.3 Å². The molecule has 0 spiro atoms. The molecule has 2 N–H and O–H groups in total. The number of unbranched alkanes of at least 4 members (excludes halogenated alkanes) is 1. The number of rotatable bonds is 14. The van der Waals surface area contributed by atoms with Gasteiger partial charge < -0.3 is 20.1 Å². The third-order valence-corrected chi connectivity index (χ3v) is 5.50. The molecule has 3 unspecified atom stereocenters. The predicted octanol–water partition coefficient (Wildman–Crippen LogP) is 2.59. The average Bonchev–Trinajstić information content (AvgIpc) is 3.19. The number of aliphatic hydroxyl groups excluding tert-OH is 1. The van der Waals surface area contributed by atoms with Gasteiger partial charge in [-0.25, -0.2) is 0 Å². The number of amides is 2. The molecule has 0 radical (unpaired) electrons. The van der Waals surface area contributed by atoms with Crippen molar-refractivity contribution in [2.45, 2.75) is 70.9 Å². The molecule has 7 nitrogen and oxygen atoms in total. The Balaban J connectivity index is 2.64. The molecule has 30 heavy (non-hydrogen) atoms. The Morgan fingerprint density at radius 3 is 2.60 bits per heavy atom. The summed E-state index contributed by atoms with van der Waals surface area (Å²) in [4.78, 5) is 39.1. The predicted molar refractivity (Wildman–Crippen MR) is 117 cm³/mol. The van der Waals surface area contributed by atoms with E-state index in [1.807, 2.05) is 13.8 Å². The number of likely N-dealkylation sites (tertiary alicyclic amines) is 1. The molecule has 0 aliphatic carbocycles. The van der Waals surface area contributed by atoms with E-state index in [2.05, 4.69) is 18.5 Å². The normalized spacial score (nSPS) is 18.0. The summed E-state index contributed by atoms with van der Waals surface area (Å²) in [5.41, 5.74) is 0. The Kier molecular flexibility index (Phi) is 12.0. The minimum Gasteiger partial charge on any atom is -0.463 e. The topological polar surface area (TPSA) is 95.9 Å². The lowest BCUT2D eigenvalue weighted by Crippen LogP contribution is -2.46. The zero-order valence-corrected chi connectivity index (χ0v) is 18.5. The van der Waals surface area contributed by atoms with Crippen LogP contribution in [0.4, 0.5) is 0 Å². The molecule has 3 atom stereocenters. The standard InChI is InChI=1S/C23H38N2O5/c1-5-7-8-12-22(28)30-16-20(17(3)4)24-23(29)18(10-6-2)14-21(27)25-13-9-11-19(25)15-26/h5-6,17-20,26H,1-2,7-16H2,3-4H3,(H,24,29). The van der Waals surface area contributed by atoms with E-state index >= 15 is 0 Å². The van der Waals surface area contributed by atoms with Gasteiger partial charge in [0.1, 0.15) is 6.61 Å². The Morgan fingerprint density at radius 2 is 2.00 bits per heavy atom. The molecule has 1 fully saturated rings. The van der Waals surface area contributed by atoms with E-state index in [9.17, 15) is 19.5 Å². The van der Waals surface area contributed by atoms with Crippen molar-refractivity contribution in [2.24, 2.45) is 11.8 Å². The van der Waals surface area contributed by atoms with Gasteiger partial charge in [0.05, 0.1) is 24.6 Å². The third-order valence-electron chi connectivity index (χ3n) is 5.50. The van der Waals surface area contributed by atoms with Gasteiger partial charge in [-0.05, 0) is 38.0 Å². The van der Waals surface area contributed by atoms with Crippen LogP contribution in [0.3, 0.4) is 0 Å². The zero-order valence-electron chi connectivity index (χ0n) is 18.5. The van der Waals surface area contributed by atoms with Crippen LogP contribution in [-0.2, 0) is 19.1 Å². The minimum absolute atomic E-state index is 0.0579. The number of hydrogen-bond acceptors (Lipinski definition) is 5. The lowest BCUT2D eigenvalue weighted by atomic mass is 9.97. The van der Waals surface area contributed by atoms with Crippen molar-refractivity contribution < 1.29 is 24.2 Å². The first kappa shape index (κ1) is 25.9. The largest absolute Gasteiger partial charge is 0.463 e. The molecule has 1 rings (SSSR count). The molecule has 1 aliphatic rings. The van der Waals surface area contributed by atoms with Crippen molar-refractivity contribution in [3.05, 3.63) is 25.3 Å². The lowest BCUT2D eigenvalue weighted by molar-refractivity contribution is -0.145. The van der Waals surface area contributed by atoms with E-state index < -0.39 is 5.92 Å². The van der Waals surface area contributed by atoms with E-state index in [1.54, 1.807) is 17.1 Å². The second kappa shape index (κ2) is 14.0. The number of allylic oxidation sites excluding steroid dienone is 2. The molecular formula is C23H38N2O5. The maximum absolute atomic E-state index is 12.9. The Bertz CT molecular complexity index is 590. The van der Waals surface area contributed by atoms with E-state index in [1.165, 1.54) is 0 Å². The van der Waals surface area contributed by atoms with Crippen LogP contribution in [-0.4, -0.2) is 59.6 Å². The highest BCUT2D eigenvalue weighted by Crippen LogP contribution is 2.21. The summed E-state index contributed by atoms with van der Waals surface area (Å²) in [5.74, 6) is -1.14. The van der Waals surface area contributed by atoms with Crippen molar-refractivity contribution >= 4 is 17.8 Å². The van der Waals surface area contributed by atoms with Gasteiger partial charge in [-0.1, -0.05) is 26.0 Å². The first-order valence-corrected chi connectivity index (χ1v) is 10.9. The molecule has 1 aliphatic heterocycles. The highest BCUT2D eigenvalue weighted by molar-refractivity contribution is 5.86. The molecular weight excluding hydrogens is 384 g/mol. The second-order valence-corrected chi connectivity index (χ2v) is 8.21. The highest BCUT2D eigenvalue weighted by Gasteiger charge is 2.32.